The van der Waals surface area contributed by atoms with Gasteiger partial charge in [0.2, 0.25) is 11.8 Å². The third-order valence-electron chi connectivity index (χ3n) is 9.25. The number of para-hydroxylation sites is 2. The van der Waals surface area contributed by atoms with E-state index < -0.39 is 12.2 Å². The molecule has 0 spiro atoms. The number of carbonyl (C=O) groups excluding carboxylic acids is 2. The fraction of sp³-hybridized carbons (Fsp3) is 0.417. The van der Waals surface area contributed by atoms with E-state index >= 15 is 0 Å². The molecule has 2 amide bonds. The number of rotatable bonds is 12. The molecule has 3 aromatic carbocycles. The Morgan fingerprint density at radius 3 is 2.40 bits per heavy atom. The lowest BCUT2D eigenvalue weighted by molar-refractivity contribution is -0.253. The van der Waals surface area contributed by atoms with Gasteiger partial charge < -0.3 is 29.8 Å². The topological polar surface area (TPSA) is 158 Å². The number of nitrogens with one attached hydrogen (secondary N) is 3. The number of aliphatic hydroxyl groups is 1. The Morgan fingerprint density at radius 2 is 1.65 bits per heavy atom. The molecular formula is C36H43N5O7. The predicted molar refractivity (Wildman–Crippen MR) is 179 cm³/mol. The van der Waals surface area contributed by atoms with Crippen LogP contribution in [0.3, 0.4) is 0 Å². The van der Waals surface area contributed by atoms with Crippen molar-refractivity contribution in [3.05, 3.63) is 100.0 Å². The molecule has 254 valence electrons. The molecule has 0 bridgehead atoms. The van der Waals surface area contributed by atoms with Gasteiger partial charge in [0.15, 0.2) is 6.29 Å². The summed E-state index contributed by atoms with van der Waals surface area (Å²) >= 11 is 0. The molecule has 6 rings (SSSR count). The van der Waals surface area contributed by atoms with Crippen molar-refractivity contribution in [3.63, 3.8) is 0 Å². The van der Waals surface area contributed by atoms with Crippen LogP contribution in [0.5, 0.6) is 0 Å². The van der Waals surface area contributed by atoms with Gasteiger partial charge in [-0.25, -0.2) is 10.3 Å². The minimum absolute atomic E-state index is 0.0305. The Hall–Kier alpha value is -4.33. The molecule has 2 fully saturated rings. The Kier molecular flexibility index (Phi) is 11.0. The van der Waals surface area contributed by atoms with Crippen LogP contribution in [0.2, 0.25) is 0 Å². The van der Waals surface area contributed by atoms with Crippen molar-refractivity contribution in [2.24, 2.45) is 0 Å². The van der Waals surface area contributed by atoms with E-state index in [1.807, 2.05) is 77.4 Å². The predicted octanol–water partition coefficient (Wildman–Crippen LogP) is 4.71. The van der Waals surface area contributed by atoms with Crippen molar-refractivity contribution in [2.45, 2.75) is 76.1 Å². The van der Waals surface area contributed by atoms with Gasteiger partial charge in [0.25, 0.3) is 0 Å². The summed E-state index contributed by atoms with van der Waals surface area (Å²) in [5.74, 6) is -0.636. The number of aliphatic hydroxyl groups excluding tert-OH is 1. The fourth-order valence-electron chi connectivity index (χ4n) is 6.73. The third-order valence-corrected chi connectivity index (χ3v) is 9.25. The third kappa shape index (κ3) is 8.20. The van der Waals surface area contributed by atoms with Crippen LogP contribution in [0, 0.1) is 0 Å². The highest BCUT2D eigenvalue weighted by molar-refractivity contribution is 5.90. The van der Waals surface area contributed by atoms with Crippen molar-refractivity contribution in [2.75, 3.05) is 25.0 Å². The van der Waals surface area contributed by atoms with Crippen molar-refractivity contribution in [1.29, 1.82) is 0 Å². The van der Waals surface area contributed by atoms with Crippen LogP contribution < -0.4 is 16.5 Å². The second kappa shape index (κ2) is 15.7. The molecule has 5 N–H and O–H groups in total. The van der Waals surface area contributed by atoms with E-state index in [1.165, 1.54) is 0 Å². The monoisotopic (exact) mass is 657 g/mol. The molecule has 12 nitrogen and oxygen atoms in total. The molecule has 0 saturated carbocycles. The maximum absolute atomic E-state index is 12.8. The Morgan fingerprint density at radius 1 is 0.896 bits per heavy atom. The number of fused-ring (bicyclic) bond motifs is 1. The second-order valence-corrected chi connectivity index (χ2v) is 12.6. The van der Waals surface area contributed by atoms with E-state index in [-0.39, 0.29) is 49.3 Å². The SMILES string of the molecule is O=C(CCCCC(=O)Nc1cccc([C@H]2O[C@@H](CN3CCC(n4c(=O)[nH]c5ccccc54)CC3)C[C@@H](c3ccc(CO)cc3)O2)c1)NO. The Balaban J connectivity index is 1.12. The number of amides is 2. The number of ether oxygens (including phenoxy) is 2. The van der Waals surface area contributed by atoms with Gasteiger partial charge >= 0.3 is 5.69 Å². The maximum atomic E-state index is 12.8. The first-order chi connectivity index (χ1) is 23.4. The molecule has 2 saturated heterocycles. The number of aromatic amines is 1. The quantitative estimate of drug-likeness (QED) is 0.0833. The number of aromatic nitrogens is 2. The summed E-state index contributed by atoms with van der Waals surface area (Å²) < 4.78 is 15.0. The van der Waals surface area contributed by atoms with Gasteiger partial charge in [0, 0.05) is 56.2 Å². The largest absolute Gasteiger partial charge is 0.392 e. The Labute approximate surface area is 278 Å². The summed E-state index contributed by atoms with van der Waals surface area (Å²) in [5.41, 5.74) is 6.58. The second-order valence-electron chi connectivity index (χ2n) is 12.6. The molecule has 2 aliphatic rings. The van der Waals surface area contributed by atoms with Gasteiger partial charge in [0.1, 0.15) is 0 Å². The normalized spacial score (nSPS) is 20.5. The standard InChI is InChI=1S/C36H43N5O7/c42-23-24-12-14-25(15-13-24)32-21-29(22-40-18-16-28(17-19-40)41-31-9-2-1-8-30(31)38-36(41)45)47-35(48-32)26-6-5-7-27(20-26)37-33(43)10-3-4-11-34(44)39-46/h1-2,5-9,12-15,20,28-29,32,35,42,46H,3-4,10-11,16-19,21-23H2,(H,37,43)(H,38,45)(H,39,44)/t29-,32+,35+/m1/s1. The van der Waals surface area contributed by atoms with Crippen molar-refractivity contribution >= 4 is 28.5 Å². The molecule has 3 heterocycles. The van der Waals surface area contributed by atoms with Crippen LogP contribution in [0.1, 0.15) is 80.1 Å². The zero-order valence-corrected chi connectivity index (χ0v) is 26.8. The van der Waals surface area contributed by atoms with E-state index in [0.717, 1.165) is 53.7 Å². The summed E-state index contributed by atoms with van der Waals surface area (Å²) in [7, 11) is 0. The maximum Gasteiger partial charge on any atom is 0.326 e. The summed E-state index contributed by atoms with van der Waals surface area (Å²) in [6, 6.07) is 23.2. The lowest BCUT2D eigenvalue weighted by Gasteiger charge is -2.40. The van der Waals surface area contributed by atoms with Gasteiger partial charge in [-0.3, -0.25) is 19.4 Å². The first-order valence-electron chi connectivity index (χ1n) is 16.6. The number of hydrogen-bond donors (Lipinski definition) is 5. The first kappa shape index (κ1) is 33.6. The summed E-state index contributed by atoms with van der Waals surface area (Å²) in [5, 5.41) is 21.1. The van der Waals surface area contributed by atoms with Gasteiger partial charge in [-0.1, -0.05) is 48.5 Å². The molecule has 4 aromatic rings. The molecule has 2 aliphatic heterocycles. The fourth-order valence-corrected chi connectivity index (χ4v) is 6.73. The lowest BCUT2D eigenvalue weighted by atomic mass is 9.98. The van der Waals surface area contributed by atoms with Crippen molar-refractivity contribution in [1.82, 2.24) is 19.9 Å². The molecule has 3 atom stereocenters. The van der Waals surface area contributed by atoms with Gasteiger partial charge in [-0.2, -0.15) is 0 Å². The number of hydrogen-bond acceptors (Lipinski definition) is 8. The zero-order valence-electron chi connectivity index (χ0n) is 26.8. The van der Waals surface area contributed by atoms with E-state index in [2.05, 4.69) is 15.2 Å². The first-order valence-corrected chi connectivity index (χ1v) is 16.6. The van der Waals surface area contributed by atoms with Crippen LogP contribution in [-0.4, -0.2) is 62.3 Å². The van der Waals surface area contributed by atoms with Crippen LogP contribution in [0.15, 0.2) is 77.6 Å². The van der Waals surface area contributed by atoms with E-state index in [9.17, 15) is 19.5 Å². The summed E-state index contributed by atoms with van der Waals surface area (Å²) in [6.45, 7) is 2.36. The minimum Gasteiger partial charge on any atom is -0.392 e. The van der Waals surface area contributed by atoms with Crippen LogP contribution in [0.4, 0.5) is 5.69 Å². The Bertz CT molecular complexity index is 1750. The number of likely N-dealkylation sites (tertiary alicyclic amines) is 1. The zero-order chi connectivity index (χ0) is 33.5. The summed E-state index contributed by atoms with van der Waals surface area (Å²) in [4.78, 5) is 42.0. The van der Waals surface area contributed by atoms with Crippen LogP contribution in [-0.2, 0) is 25.7 Å². The molecular weight excluding hydrogens is 614 g/mol. The average molecular weight is 658 g/mol. The number of benzene rings is 3. The minimum atomic E-state index is -0.664. The van der Waals surface area contributed by atoms with Gasteiger partial charge in [-0.15, -0.1) is 0 Å². The van der Waals surface area contributed by atoms with Crippen molar-refractivity contribution < 1.29 is 29.4 Å². The number of hydroxylamine groups is 1. The smallest absolute Gasteiger partial charge is 0.326 e. The number of piperidine rings is 1. The molecule has 0 unspecified atom stereocenters. The van der Waals surface area contributed by atoms with Gasteiger partial charge in [-0.05, 0) is 61.1 Å². The highest BCUT2D eigenvalue weighted by Crippen LogP contribution is 2.39. The van der Waals surface area contributed by atoms with E-state index in [1.54, 1.807) is 5.48 Å². The van der Waals surface area contributed by atoms with Crippen LogP contribution in [0.25, 0.3) is 11.0 Å². The lowest BCUT2D eigenvalue weighted by Crippen LogP contribution is -2.43. The highest BCUT2D eigenvalue weighted by atomic mass is 16.7. The number of nitrogens with zero attached hydrogens (tertiary/aromatic N) is 2. The average Bonchev–Trinajstić information content (AvgIpc) is 3.46. The number of carbonyl (C=O) groups is 2. The molecule has 1 aromatic heterocycles. The van der Waals surface area contributed by atoms with Crippen LogP contribution >= 0.6 is 0 Å². The molecule has 0 aliphatic carbocycles. The number of unbranched alkanes of at least 4 members (excludes halogenated alkanes) is 1. The van der Waals surface area contributed by atoms with Crippen molar-refractivity contribution in [3.8, 4) is 0 Å². The van der Waals surface area contributed by atoms with Gasteiger partial charge in [0.05, 0.1) is 29.8 Å². The number of anilines is 1. The summed E-state index contributed by atoms with van der Waals surface area (Å²) in [6.07, 6.45) is 2.75. The molecule has 48 heavy (non-hydrogen) atoms. The number of H-pyrrole nitrogens is 1. The molecule has 0 radical (unpaired) electrons. The highest BCUT2D eigenvalue weighted by Gasteiger charge is 2.34. The van der Waals surface area contributed by atoms with E-state index in [4.69, 9.17) is 14.7 Å². The molecule has 12 heteroatoms. The number of imidazole rings is 1. The van der Waals surface area contributed by atoms with E-state index in [0.29, 0.717) is 31.5 Å².